The SMILES string of the molecule is COc1c(O)ccc2occ(C)c12. The zero-order chi connectivity index (χ0) is 9.42. The van der Waals surface area contributed by atoms with E-state index in [-0.39, 0.29) is 5.75 Å². The molecule has 13 heavy (non-hydrogen) atoms. The monoisotopic (exact) mass is 178 g/mol. The van der Waals surface area contributed by atoms with Crippen molar-refractivity contribution in [3.8, 4) is 11.5 Å². The summed E-state index contributed by atoms with van der Waals surface area (Å²) >= 11 is 0. The molecule has 3 nitrogen and oxygen atoms in total. The average molecular weight is 178 g/mol. The smallest absolute Gasteiger partial charge is 0.171 e. The standard InChI is InChI=1S/C10H10O3/c1-6-5-13-8-4-3-7(11)10(12-2)9(6)8/h3-5,11H,1-2H3. The molecule has 1 aromatic heterocycles. The second kappa shape index (κ2) is 2.69. The topological polar surface area (TPSA) is 42.6 Å². The number of benzene rings is 1. The number of aromatic hydroxyl groups is 1. The van der Waals surface area contributed by atoms with Gasteiger partial charge < -0.3 is 14.3 Å². The lowest BCUT2D eigenvalue weighted by atomic mass is 10.1. The first-order valence-corrected chi connectivity index (χ1v) is 3.98. The highest BCUT2D eigenvalue weighted by Crippen LogP contribution is 2.37. The molecule has 2 rings (SSSR count). The van der Waals surface area contributed by atoms with Crippen molar-refractivity contribution in [2.75, 3.05) is 7.11 Å². The number of furan rings is 1. The van der Waals surface area contributed by atoms with Crippen molar-refractivity contribution < 1.29 is 14.3 Å². The molecule has 0 saturated carbocycles. The first-order valence-electron chi connectivity index (χ1n) is 3.98. The summed E-state index contributed by atoms with van der Waals surface area (Å²) in [4.78, 5) is 0. The van der Waals surface area contributed by atoms with Gasteiger partial charge in [0.05, 0.1) is 18.8 Å². The second-order valence-electron chi connectivity index (χ2n) is 2.91. The van der Waals surface area contributed by atoms with Crippen LogP contribution < -0.4 is 4.74 Å². The summed E-state index contributed by atoms with van der Waals surface area (Å²) in [7, 11) is 1.53. The van der Waals surface area contributed by atoms with Gasteiger partial charge in [0, 0.05) is 0 Å². The lowest BCUT2D eigenvalue weighted by molar-refractivity contribution is 0.377. The van der Waals surface area contributed by atoms with E-state index in [1.54, 1.807) is 18.4 Å². The van der Waals surface area contributed by atoms with Crippen LogP contribution in [0.5, 0.6) is 11.5 Å². The predicted octanol–water partition coefficient (Wildman–Crippen LogP) is 2.46. The average Bonchev–Trinajstić information content (AvgIpc) is 2.49. The summed E-state index contributed by atoms with van der Waals surface area (Å²) < 4.78 is 10.3. The minimum atomic E-state index is 0.138. The van der Waals surface area contributed by atoms with Crippen LogP contribution in [-0.2, 0) is 0 Å². The zero-order valence-corrected chi connectivity index (χ0v) is 7.50. The molecule has 0 bridgehead atoms. The number of methoxy groups -OCH3 is 1. The van der Waals surface area contributed by atoms with Crippen molar-refractivity contribution in [2.45, 2.75) is 6.92 Å². The van der Waals surface area contributed by atoms with E-state index in [1.165, 1.54) is 7.11 Å². The van der Waals surface area contributed by atoms with E-state index in [1.807, 2.05) is 6.92 Å². The van der Waals surface area contributed by atoms with Crippen LogP contribution in [0.25, 0.3) is 11.0 Å². The van der Waals surface area contributed by atoms with Crippen LogP contribution in [0.3, 0.4) is 0 Å². The molecule has 0 spiro atoms. The van der Waals surface area contributed by atoms with Gasteiger partial charge in [0.1, 0.15) is 5.58 Å². The molecule has 68 valence electrons. The van der Waals surface area contributed by atoms with E-state index in [2.05, 4.69) is 0 Å². The number of ether oxygens (including phenoxy) is 1. The molecule has 0 aliphatic rings. The molecule has 1 heterocycles. The second-order valence-corrected chi connectivity index (χ2v) is 2.91. The fraction of sp³-hybridized carbons (Fsp3) is 0.200. The van der Waals surface area contributed by atoms with Crippen molar-refractivity contribution in [1.29, 1.82) is 0 Å². The van der Waals surface area contributed by atoms with Crippen LogP contribution in [0, 0.1) is 6.92 Å². The summed E-state index contributed by atoms with van der Waals surface area (Å²) in [6, 6.07) is 3.28. The summed E-state index contributed by atoms with van der Waals surface area (Å²) in [6.45, 7) is 1.91. The Hall–Kier alpha value is -1.64. The summed E-state index contributed by atoms with van der Waals surface area (Å²) in [5.41, 5.74) is 1.69. The lowest BCUT2D eigenvalue weighted by Gasteiger charge is -2.03. The normalized spacial score (nSPS) is 10.6. The van der Waals surface area contributed by atoms with E-state index in [4.69, 9.17) is 9.15 Å². The number of fused-ring (bicyclic) bond motifs is 1. The molecule has 0 atom stereocenters. The maximum absolute atomic E-state index is 9.48. The van der Waals surface area contributed by atoms with Crippen molar-refractivity contribution >= 4 is 11.0 Å². The molecular weight excluding hydrogens is 168 g/mol. The van der Waals surface area contributed by atoms with Gasteiger partial charge in [-0.1, -0.05) is 0 Å². The van der Waals surface area contributed by atoms with Crippen molar-refractivity contribution in [1.82, 2.24) is 0 Å². The number of hydrogen-bond acceptors (Lipinski definition) is 3. The molecule has 0 radical (unpaired) electrons. The Labute approximate surface area is 75.5 Å². The number of rotatable bonds is 1. The van der Waals surface area contributed by atoms with Crippen molar-refractivity contribution in [3.63, 3.8) is 0 Å². The maximum Gasteiger partial charge on any atom is 0.171 e. The fourth-order valence-corrected chi connectivity index (χ4v) is 1.44. The van der Waals surface area contributed by atoms with E-state index in [9.17, 15) is 5.11 Å². The van der Waals surface area contributed by atoms with Crippen LogP contribution in [0.15, 0.2) is 22.8 Å². The van der Waals surface area contributed by atoms with Gasteiger partial charge in [-0.15, -0.1) is 0 Å². The predicted molar refractivity (Wildman–Crippen MR) is 49.2 cm³/mol. The Kier molecular flexibility index (Phi) is 1.65. The maximum atomic E-state index is 9.48. The molecule has 1 N–H and O–H groups in total. The molecule has 0 aliphatic heterocycles. The Morgan fingerprint density at radius 1 is 1.38 bits per heavy atom. The van der Waals surface area contributed by atoms with Gasteiger partial charge in [-0.2, -0.15) is 0 Å². The Morgan fingerprint density at radius 2 is 2.15 bits per heavy atom. The summed E-state index contributed by atoms with van der Waals surface area (Å²) in [5, 5.41) is 10.3. The third-order valence-corrected chi connectivity index (χ3v) is 2.06. The third kappa shape index (κ3) is 1.04. The third-order valence-electron chi connectivity index (χ3n) is 2.06. The number of phenols is 1. The summed E-state index contributed by atoms with van der Waals surface area (Å²) in [6.07, 6.45) is 1.65. The van der Waals surface area contributed by atoms with Gasteiger partial charge in [-0.05, 0) is 24.6 Å². The highest BCUT2D eigenvalue weighted by atomic mass is 16.5. The van der Waals surface area contributed by atoms with Gasteiger partial charge in [0.2, 0.25) is 0 Å². The molecule has 2 aromatic rings. The highest BCUT2D eigenvalue weighted by Gasteiger charge is 2.11. The number of hydrogen-bond donors (Lipinski definition) is 1. The van der Waals surface area contributed by atoms with Gasteiger partial charge in [-0.25, -0.2) is 0 Å². The van der Waals surface area contributed by atoms with Crippen LogP contribution in [-0.4, -0.2) is 12.2 Å². The molecule has 1 aromatic carbocycles. The zero-order valence-electron chi connectivity index (χ0n) is 7.50. The largest absolute Gasteiger partial charge is 0.504 e. The van der Waals surface area contributed by atoms with Gasteiger partial charge in [0.15, 0.2) is 11.5 Å². The molecule has 0 aliphatic carbocycles. The Bertz CT molecular complexity index is 443. The summed E-state index contributed by atoms with van der Waals surface area (Å²) in [5.74, 6) is 0.614. The van der Waals surface area contributed by atoms with Crippen LogP contribution in [0.2, 0.25) is 0 Å². The minimum absolute atomic E-state index is 0.138. The first kappa shape index (κ1) is 7.98. The minimum Gasteiger partial charge on any atom is -0.504 e. The molecular formula is C10H10O3. The number of phenolic OH excluding ortho intramolecular Hbond substituents is 1. The molecule has 0 saturated heterocycles. The van der Waals surface area contributed by atoms with Crippen LogP contribution in [0.4, 0.5) is 0 Å². The van der Waals surface area contributed by atoms with E-state index in [0.717, 1.165) is 16.5 Å². The van der Waals surface area contributed by atoms with Crippen molar-refractivity contribution in [3.05, 3.63) is 24.0 Å². The van der Waals surface area contributed by atoms with Gasteiger partial charge >= 0.3 is 0 Å². The molecule has 3 heteroatoms. The van der Waals surface area contributed by atoms with Gasteiger partial charge in [0.25, 0.3) is 0 Å². The number of aryl methyl sites for hydroxylation is 1. The van der Waals surface area contributed by atoms with E-state index >= 15 is 0 Å². The van der Waals surface area contributed by atoms with E-state index < -0.39 is 0 Å². The quantitative estimate of drug-likeness (QED) is 0.729. The Morgan fingerprint density at radius 3 is 2.85 bits per heavy atom. The highest BCUT2D eigenvalue weighted by molar-refractivity contribution is 5.89. The lowest BCUT2D eigenvalue weighted by Crippen LogP contribution is -1.84. The van der Waals surface area contributed by atoms with Crippen LogP contribution in [0.1, 0.15) is 5.56 Å². The molecule has 0 fully saturated rings. The Balaban J connectivity index is 2.88. The van der Waals surface area contributed by atoms with Crippen LogP contribution >= 0.6 is 0 Å². The van der Waals surface area contributed by atoms with Gasteiger partial charge in [-0.3, -0.25) is 0 Å². The fourth-order valence-electron chi connectivity index (χ4n) is 1.44. The molecule has 0 unspecified atom stereocenters. The first-order chi connectivity index (χ1) is 6.24. The van der Waals surface area contributed by atoms with Crippen molar-refractivity contribution in [2.24, 2.45) is 0 Å². The molecule has 0 amide bonds. The van der Waals surface area contributed by atoms with E-state index in [0.29, 0.717) is 5.75 Å².